The van der Waals surface area contributed by atoms with Crippen LogP contribution in [0, 0.1) is 18.3 Å². The van der Waals surface area contributed by atoms with Gasteiger partial charge in [-0.2, -0.15) is 5.26 Å². The minimum atomic E-state index is 0.411. The summed E-state index contributed by atoms with van der Waals surface area (Å²) < 4.78 is 0.738. The van der Waals surface area contributed by atoms with Crippen LogP contribution in [-0.4, -0.2) is 9.97 Å². The van der Waals surface area contributed by atoms with Crippen LogP contribution in [0.3, 0.4) is 0 Å². The molecule has 0 aliphatic heterocycles. The highest BCUT2D eigenvalue weighted by molar-refractivity contribution is 9.10. The second-order valence-electron chi connectivity index (χ2n) is 2.82. The quantitative estimate of drug-likeness (QED) is 0.763. The van der Waals surface area contributed by atoms with Gasteiger partial charge in [-0.15, -0.1) is 0 Å². The summed E-state index contributed by atoms with van der Waals surface area (Å²) in [6.45, 7) is 1.96. The van der Waals surface area contributed by atoms with Gasteiger partial charge >= 0.3 is 0 Å². The van der Waals surface area contributed by atoms with Gasteiger partial charge in [-0.05, 0) is 35.0 Å². The predicted molar refractivity (Wildman–Crippen MR) is 53.2 cm³/mol. The van der Waals surface area contributed by atoms with Crippen LogP contribution in [0.2, 0.25) is 0 Å². The molecule has 64 valence electrons. The van der Waals surface area contributed by atoms with Crippen molar-refractivity contribution in [3.05, 3.63) is 28.0 Å². The molecule has 0 saturated heterocycles. The number of fused-ring (bicyclic) bond motifs is 1. The third-order valence-corrected chi connectivity index (χ3v) is 2.40. The molecule has 3 nitrogen and oxygen atoms in total. The standard InChI is InChI=1S/C9H6BrN3/c1-5-2-6-3-7(10)8(4-11)13-9(6)12-5/h2-3H,1H3,(H,12,13). The minimum absolute atomic E-state index is 0.411. The zero-order valence-corrected chi connectivity index (χ0v) is 8.51. The van der Waals surface area contributed by atoms with Gasteiger partial charge in [-0.3, -0.25) is 0 Å². The summed E-state index contributed by atoms with van der Waals surface area (Å²) in [6, 6.07) is 5.91. The first-order valence-corrected chi connectivity index (χ1v) is 4.56. The number of halogens is 1. The molecular formula is C9H6BrN3. The molecule has 0 aliphatic rings. The molecule has 2 aromatic rings. The van der Waals surface area contributed by atoms with Crippen LogP contribution in [0.4, 0.5) is 0 Å². The molecule has 4 heteroatoms. The Morgan fingerprint density at radius 3 is 3.00 bits per heavy atom. The van der Waals surface area contributed by atoms with Crippen molar-refractivity contribution in [2.45, 2.75) is 6.92 Å². The Bertz CT molecular complexity index is 507. The number of rotatable bonds is 0. The van der Waals surface area contributed by atoms with Gasteiger partial charge in [0, 0.05) is 11.1 Å². The van der Waals surface area contributed by atoms with E-state index < -0.39 is 0 Å². The molecule has 0 saturated carbocycles. The van der Waals surface area contributed by atoms with Gasteiger partial charge in [0.1, 0.15) is 11.7 Å². The van der Waals surface area contributed by atoms with Crippen LogP contribution in [-0.2, 0) is 0 Å². The fourth-order valence-electron chi connectivity index (χ4n) is 1.25. The van der Waals surface area contributed by atoms with Crippen molar-refractivity contribution in [1.29, 1.82) is 5.26 Å². The van der Waals surface area contributed by atoms with Crippen LogP contribution in [0.25, 0.3) is 11.0 Å². The number of aromatic nitrogens is 2. The van der Waals surface area contributed by atoms with Crippen LogP contribution in [0.1, 0.15) is 11.4 Å². The second kappa shape index (κ2) is 2.86. The Balaban J connectivity index is 2.82. The molecule has 0 aliphatic carbocycles. The van der Waals surface area contributed by atoms with Crippen LogP contribution in [0.15, 0.2) is 16.6 Å². The molecule has 0 spiro atoms. The zero-order valence-electron chi connectivity index (χ0n) is 6.93. The number of nitrogens with zero attached hydrogens (tertiary/aromatic N) is 2. The summed E-state index contributed by atoms with van der Waals surface area (Å²) in [5.41, 5.74) is 2.22. The van der Waals surface area contributed by atoms with Crippen molar-refractivity contribution in [1.82, 2.24) is 9.97 Å². The Hall–Kier alpha value is -1.34. The fourth-order valence-corrected chi connectivity index (χ4v) is 1.67. The maximum atomic E-state index is 8.73. The SMILES string of the molecule is Cc1cc2cc(Br)c(C#N)nc2[nH]1. The summed E-state index contributed by atoms with van der Waals surface area (Å²) in [7, 11) is 0. The van der Waals surface area contributed by atoms with Gasteiger partial charge in [0.15, 0.2) is 5.69 Å². The van der Waals surface area contributed by atoms with E-state index in [1.54, 1.807) is 0 Å². The van der Waals surface area contributed by atoms with E-state index in [-0.39, 0.29) is 0 Å². The highest BCUT2D eigenvalue weighted by Crippen LogP contribution is 2.21. The topological polar surface area (TPSA) is 52.5 Å². The van der Waals surface area contributed by atoms with E-state index in [1.165, 1.54) is 0 Å². The van der Waals surface area contributed by atoms with Gasteiger partial charge in [-0.25, -0.2) is 4.98 Å². The Morgan fingerprint density at radius 2 is 2.31 bits per heavy atom. The van der Waals surface area contributed by atoms with Crippen molar-refractivity contribution in [2.75, 3.05) is 0 Å². The molecule has 0 aromatic carbocycles. The summed E-state index contributed by atoms with van der Waals surface area (Å²) in [5.74, 6) is 0. The highest BCUT2D eigenvalue weighted by atomic mass is 79.9. The Labute approximate surface area is 83.5 Å². The molecule has 0 amide bonds. The lowest BCUT2D eigenvalue weighted by Crippen LogP contribution is -1.85. The van der Waals surface area contributed by atoms with Crippen molar-refractivity contribution in [2.24, 2.45) is 0 Å². The average Bonchev–Trinajstić information content (AvgIpc) is 2.42. The number of hydrogen-bond donors (Lipinski definition) is 1. The maximum absolute atomic E-state index is 8.73. The number of H-pyrrole nitrogens is 1. The monoisotopic (exact) mass is 235 g/mol. The summed E-state index contributed by atoms with van der Waals surface area (Å²) in [4.78, 5) is 7.23. The first-order chi connectivity index (χ1) is 6.20. The molecule has 0 unspecified atom stereocenters. The van der Waals surface area contributed by atoms with Gasteiger partial charge in [-0.1, -0.05) is 0 Å². The molecule has 0 radical (unpaired) electrons. The first-order valence-electron chi connectivity index (χ1n) is 3.76. The minimum Gasteiger partial charge on any atom is -0.344 e. The van der Waals surface area contributed by atoms with Crippen molar-refractivity contribution < 1.29 is 0 Å². The predicted octanol–water partition coefficient (Wildman–Crippen LogP) is 2.51. The Morgan fingerprint density at radius 1 is 1.54 bits per heavy atom. The van der Waals surface area contributed by atoms with E-state index in [1.807, 2.05) is 25.1 Å². The lowest BCUT2D eigenvalue weighted by molar-refractivity contribution is 1.22. The van der Waals surface area contributed by atoms with Gasteiger partial charge in [0.25, 0.3) is 0 Å². The summed E-state index contributed by atoms with van der Waals surface area (Å²) in [6.07, 6.45) is 0. The number of aromatic amines is 1. The first kappa shape index (κ1) is 8.27. The molecule has 13 heavy (non-hydrogen) atoms. The fraction of sp³-hybridized carbons (Fsp3) is 0.111. The van der Waals surface area contributed by atoms with E-state index in [9.17, 15) is 0 Å². The normalized spacial score (nSPS) is 10.2. The van der Waals surface area contributed by atoms with Gasteiger partial charge in [0.05, 0.1) is 4.47 Å². The number of aryl methyl sites for hydroxylation is 1. The number of pyridine rings is 1. The molecule has 0 atom stereocenters. The largest absolute Gasteiger partial charge is 0.344 e. The molecular weight excluding hydrogens is 230 g/mol. The van der Waals surface area contributed by atoms with E-state index in [2.05, 4.69) is 25.9 Å². The third kappa shape index (κ3) is 1.31. The highest BCUT2D eigenvalue weighted by Gasteiger charge is 2.05. The average molecular weight is 236 g/mol. The smallest absolute Gasteiger partial charge is 0.157 e. The molecule has 1 N–H and O–H groups in total. The lowest BCUT2D eigenvalue weighted by Gasteiger charge is -1.93. The van der Waals surface area contributed by atoms with Crippen molar-refractivity contribution >= 4 is 27.0 Å². The number of hydrogen-bond acceptors (Lipinski definition) is 2. The van der Waals surface area contributed by atoms with Crippen molar-refractivity contribution in [3.8, 4) is 6.07 Å². The van der Waals surface area contributed by atoms with E-state index >= 15 is 0 Å². The molecule has 2 rings (SSSR count). The summed E-state index contributed by atoms with van der Waals surface area (Å²) in [5, 5.41) is 9.75. The molecule has 2 aromatic heterocycles. The molecule has 0 fully saturated rings. The number of nitrogens with one attached hydrogen (secondary N) is 1. The molecule has 2 heterocycles. The second-order valence-corrected chi connectivity index (χ2v) is 3.68. The van der Waals surface area contributed by atoms with E-state index in [4.69, 9.17) is 5.26 Å². The lowest BCUT2D eigenvalue weighted by atomic mass is 10.3. The summed E-state index contributed by atoms with van der Waals surface area (Å²) >= 11 is 3.29. The number of nitriles is 1. The zero-order chi connectivity index (χ0) is 9.42. The van der Waals surface area contributed by atoms with Crippen LogP contribution >= 0.6 is 15.9 Å². The van der Waals surface area contributed by atoms with E-state index in [0.29, 0.717) is 5.69 Å². The molecule has 0 bridgehead atoms. The third-order valence-electron chi connectivity index (χ3n) is 1.80. The van der Waals surface area contributed by atoms with E-state index in [0.717, 1.165) is 21.2 Å². The van der Waals surface area contributed by atoms with Gasteiger partial charge < -0.3 is 4.98 Å². The van der Waals surface area contributed by atoms with Crippen LogP contribution < -0.4 is 0 Å². The Kier molecular flexibility index (Phi) is 1.82. The van der Waals surface area contributed by atoms with Gasteiger partial charge in [0.2, 0.25) is 0 Å². The van der Waals surface area contributed by atoms with Crippen LogP contribution in [0.5, 0.6) is 0 Å². The maximum Gasteiger partial charge on any atom is 0.157 e. The van der Waals surface area contributed by atoms with Crippen molar-refractivity contribution in [3.63, 3.8) is 0 Å².